The molecule has 0 spiro atoms. The summed E-state index contributed by atoms with van der Waals surface area (Å²) < 4.78 is 0. The molecule has 0 saturated carbocycles. The Morgan fingerprint density at radius 3 is 2.37 bits per heavy atom. The number of hydrogen-bond acceptors (Lipinski definition) is 5. The first-order valence-corrected chi connectivity index (χ1v) is 9.57. The average Bonchev–Trinajstić information content (AvgIpc) is 2.72. The summed E-state index contributed by atoms with van der Waals surface area (Å²) >= 11 is 0. The molecule has 1 aromatic heterocycles. The van der Waals surface area contributed by atoms with Crippen molar-refractivity contribution in [3.8, 4) is 0 Å². The summed E-state index contributed by atoms with van der Waals surface area (Å²) in [5.41, 5.74) is 2.82. The molecule has 1 aliphatic heterocycles. The number of carbonyl (C=O) groups is 1. The molecule has 2 heterocycles. The van der Waals surface area contributed by atoms with E-state index in [1.165, 1.54) is 5.69 Å². The van der Waals surface area contributed by atoms with Gasteiger partial charge in [-0.1, -0.05) is 18.2 Å². The van der Waals surface area contributed by atoms with E-state index < -0.39 is 0 Å². The van der Waals surface area contributed by atoms with Gasteiger partial charge in [-0.2, -0.15) is 0 Å². The van der Waals surface area contributed by atoms with Crippen LogP contribution in [0, 0.1) is 0 Å². The summed E-state index contributed by atoms with van der Waals surface area (Å²) in [7, 11) is 4.06. The number of nitrogens with zero attached hydrogens (tertiary/aromatic N) is 4. The quantitative estimate of drug-likeness (QED) is 0.760. The third-order valence-electron chi connectivity index (χ3n) is 4.81. The van der Waals surface area contributed by atoms with E-state index in [0.717, 1.165) is 44.8 Å². The SMILES string of the molecule is CN(C)CCCNC(=O)c1cc(N2CCN(c3ccccc3)CC2)ccn1. The topological polar surface area (TPSA) is 51.7 Å². The first kappa shape index (κ1) is 19.2. The van der Waals surface area contributed by atoms with Crippen molar-refractivity contribution in [2.75, 3.05) is 63.2 Å². The van der Waals surface area contributed by atoms with Crippen molar-refractivity contribution in [3.05, 3.63) is 54.4 Å². The molecule has 2 aromatic rings. The number of aromatic nitrogens is 1. The normalized spacial score (nSPS) is 14.5. The number of carbonyl (C=O) groups excluding carboxylic acids is 1. The van der Waals surface area contributed by atoms with Crippen LogP contribution in [0.15, 0.2) is 48.7 Å². The van der Waals surface area contributed by atoms with Gasteiger partial charge in [0.05, 0.1) is 0 Å². The van der Waals surface area contributed by atoms with E-state index >= 15 is 0 Å². The van der Waals surface area contributed by atoms with Crippen molar-refractivity contribution < 1.29 is 4.79 Å². The molecular weight excluding hydrogens is 338 g/mol. The molecule has 1 fully saturated rings. The molecule has 0 aliphatic carbocycles. The second-order valence-electron chi connectivity index (χ2n) is 7.12. The van der Waals surface area contributed by atoms with Gasteiger partial charge in [-0.25, -0.2) is 0 Å². The summed E-state index contributed by atoms with van der Waals surface area (Å²) in [5, 5.41) is 2.96. The highest BCUT2D eigenvalue weighted by atomic mass is 16.1. The van der Waals surface area contributed by atoms with Crippen LogP contribution in [0.5, 0.6) is 0 Å². The molecule has 6 nitrogen and oxygen atoms in total. The number of rotatable bonds is 7. The lowest BCUT2D eigenvalue weighted by molar-refractivity contribution is 0.0947. The average molecular weight is 367 g/mol. The van der Waals surface area contributed by atoms with Gasteiger partial charge in [0.25, 0.3) is 5.91 Å². The van der Waals surface area contributed by atoms with Gasteiger partial charge >= 0.3 is 0 Å². The number of hydrogen-bond donors (Lipinski definition) is 1. The highest BCUT2D eigenvalue weighted by Crippen LogP contribution is 2.20. The highest BCUT2D eigenvalue weighted by molar-refractivity contribution is 5.93. The molecule has 0 unspecified atom stereocenters. The molecule has 1 N–H and O–H groups in total. The highest BCUT2D eigenvalue weighted by Gasteiger charge is 2.18. The lowest BCUT2D eigenvalue weighted by Crippen LogP contribution is -2.46. The zero-order valence-corrected chi connectivity index (χ0v) is 16.3. The Hall–Kier alpha value is -2.60. The van der Waals surface area contributed by atoms with Gasteiger partial charge in [0.1, 0.15) is 5.69 Å². The minimum absolute atomic E-state index is 0.0986. The van der Waals surface area contributed by atoms with Gasteiger partial charge in [0.2, 0.25) is 0 Å². The van der Waals surface area contributed by atoms with Gasteiger partial charge in [-0.3, -0.25) is 9.78 Å². The fraction of sp³-hybridized carbons (Fsp3) is 0.429. The zero-order valence-electron chi connectivity index (χ0n) is 16.3. The fourth-order valence-electron chi connectivity index (χ4n) is 3.29. The number of nitrogens with one attached hydrogen (secondary N) is 1. The van der Waals surface area contributed by atoms with Crippen molar-refractivity contribution in [2.24, 2.45) is 0 Å². The summed E-state index contributed by atoms with van der Waals surface area (Å²) in [6.45, 7) is 5.43. The molecular formula is C21H29N5O. The van der Waals surface area contributed by atoms with Crippen molar-refractivity contribution in [2.45, 2.75) is 6.42 Å². The molecule has 0 bridgehead atoms. The largest absolute Gasteiger partial charge is 0.368 e. The zero-order chi connectivity index (χ0) is 19.1. The maximum atomic E-state index is 12.3. The van der Waals surface area contributed by atoms with E-state index in [0.29, 0.717) is 12.2 Å². The Morgan fingerprint density at radius 2 is 1.70 bits per heavy atom. The molecule has 1 aliphatic rings. The van der Waals surface area contributed by atoms with Crippen LogP contribution in [0.1, 0.15) is 16.9 Å². The molecule has 1 aromatic carbocycles. The number of amides is 1. The number of para-hydroxylation sites is 1. The Kier molecular flexibility index (Phi) is 6.65. The molecule has 0 atom stereocenters. The maximum absolute atomic E-state index is 12.3. The minimum Gasteiger partial charge on any atom is -0.368 e. The number of pyridine rings is 1. The third-order valence-corrected chi connectivity index (χ3v) is 4.81. The van der Waals surface area contributed by atoms with E-state index in [-0.39, 0.29) is 5.91 Å². The van der Waals surface area contributed by atoms with E-state index in [4.69, 9.17) is 0 Å². The van der Waals surface area contributed by atoms with E-state index in [1.807, 2.05) is 32.3 Å². The lowest BCUT2D eigenvalue weighted by Gasteiger charge is -2.37. The summed E-state index contributed by atoms with van der Waals surface area (Å²) in [5.74, 6) is -0.0986. The van der Waals surface area contributed by atoms with Crippen LogP contribution in [0.4, 0.5) is 11.4 Å². The smallest absolute Gasteiger partial charge is 0.269 e. The Bertz CT molecular complexity index is 726. The van der Waals surface area contributed by atoms with Crippen LogP contribution in [-0.4, -0.2) is 69.2 Å². The predicted octanol–water partition coefficient (Wildman–Crippen LogP) is 2.09. The van der Waals surface area contributed by atoms with Gasteiger partial charge < -0.3 is 20.0 Å². The van der Waals surface area contributed by atoms with Crippen LogP contribution >= 0.6 is 0 Å². The molecule has 27 heavy (non-hydrogen) atoms. The van der Waals surface area contributed by atoms with Gasteiger partial charge in [-0.05, 0) is 51.3 Å². The van der Waals surface area contributed by atoms with Crippen LogP contribution < -0.4 is 15.1 Å². The summed E-state index contributed by atoms with van der Waals surface area (Å²) in [6, 6.07) is 14.4. The molecule has 6 heteroatoms. The number of piperazine rings is 1. The number of benzene rings is 1. The third kappa shape index (κ3) is 5.44. The van der Waals surface area contributed by atoms with E-state index in [1.54, 1.807) is 6.20 Å². The van der Waals surface area contributed by atoms with E-state index in [9.17, 15) is 4.79 Å². The summed E-state index contributed by atoms with van der Waals surface area (Å²) in [6.07, 6.45) is 2.66. The van der Waals surface area contributed by atoms with Crippen LogP contribution in [0.2, 0.25) is 0 Å². The van der Waals surface area contributed by atoms with Gasteiger partial charge in [0, 0.05) is 50.3 Å². The van der Waals surface area contributed by atoms with Crippen LogP contribution in [0.25, 0.3) is 0 Å². The maximum Gasteiger partial charge on any atom is 0.269 e. The van der Waals surface area contributed by atoms with Crippen molar-refractivity contribution in [3.63, 3.8) is 0 Å². The number of anilines is 2. The second kappa shape index (κ2) is 9.37. The van der Waals surface area contributed by atoms with Crippen molar-refractivity contribution in [1.29, 1.82) is 0 Å². The van der Waals surface area contributed by atoms with Crippen molar-refractivity contribution in [1.82, 2.24) is 15.2 Å². The first-order chi connectivity index (χ1) is 13.1. The van der Waals surface area contributed by atoms with Gasteiger partial charge in [-0.15, -0.1) is 0 Å². The van der Waals surface area contributed by atoms with E-state index in [2.05, 4.69) is 49.3 Å². The molecule has 144 valence electrons. The van der Waals surface area contributed by atoms with Crippen LogP contribution in [-0.2, 0) is 0 Å². The monoisotopic (exact) mass is 367 g/mol. The first-order valence-electron chi connectivity index (χ1n) is 9.57. The van der Waals surface area contributed by atoms with Crippen molar-refractivity contribution >= 4 is 17.3 Å². The Labute approximate surface area is 161 Å². The lowest BCUT2D eigenvalue weighted by atomic mass is 10.2. The standard InChI is InChI=1S/C21H29N5O/c1-24(2)12-6-10-23-21(27)20-17-19(9-11-22-20)26-15-13-25(14-16-26)18-7-4-3-5-8-18/h3-5,7-9,11,17H,6,10,12-16H2,1-2H3,(H,23,27). The Balaban J connectivity index is 1.54. The Morgan fingerprint density at radius 1 is 1.04 bits per heavy atom. The minimum atomic E-state index is -0.0986. The molecule has 3 rings (SSSR count). The predicted molar refractivity (Wildman–Crippen MR) is 111 cm³/mol. The van der Waals surface area contributed by atoms with Crippen LogP contribution in [0.3, 0.4) is 0 Å². The fourth-order valence-corrected chi connectivity index (χ4v) is 3.29. The molecule has 1 saturated heterocycles. The van der Waals surface area contributed by atoms with Gasteiger partial charge in [0.15, 0.2) is 0 Å². The molecule has 1 amide bonds. The second-order valence-corrected chi connectivity index (χ2v) is 7.12. The summed E-state index contributed by atoms with van der Waals surface area (Å²) in [4.78, 5) is 23.4. The molecule has 0 radical (unpaired) electrons.